The molecule has 1 saturated heterocycles. The molecule has 182 valence electrons. The maximum Gasteiger partial charge on any atom is 0.311 e. The van der Waals surface area contributed by atoms with E-state index in [-0.39, 0.29) is 30.2 Å². The molecule has 2 aromatic rings. The third-order valence-corrected chi connectivity index (χ3v) is 6.30. The highest BCUT2D eigenvalue weighted by Crippen LogP contribution is 2.22. The first-order chi connectivity index (χ1) is 16.2. The number of benzene rings is 1. The molecule has 0 bridgehead atoms. The predicted molar refractivity (Wildman–Crippen MR) is 117 cm³/mol. The van der Waals surface area contributed by atoms with Gasteiger partial charge in [0.1, 0.15) is 21.6 Å². The summed E-state index contributed by atoms with van der Waals surface area (Å²) >= 11 is 0. The molecular weight excluding hydrogens is 475 g/mol. The molecule has 13 heteroatoms. The van der Waals surface area contributed by atoms with Gasteiger partial charge in [-0.1, -0.05) is 6.08 Å². The second kappa shape index (κ2) is 10.7. The summed E-state index contributed by atoms with van der Waals surface area (Å²) in [5.41, 5.74) is -0.570. The van der Waals surface area contributed by atoms with Crippen LogP contribution in [0.25, 0.3) is 0 Å². The van der Waals surface area contributed by atoms with Gasteiger partial charge in [0, 0.05) is 50.7 Å². The molecule has 1 fully saturated rings. The number of anilines is 1. The largest absolute Gasteiger partial charge is 0.351 e. The Hall–Kier alpha value is -3.45. The third kappa shape index (κ3) is 5.37. The van der Waals surface area contributed by atoms with Crippen LogP contribution in [0.4, 0.5) is 18.9 Å². The van der Waals surface area contributed by atoms with Gasteiger partial charge in [0.15, 0.2) is 17.5 Å². The van der Waals surface area contributed by atoms with Gasteiger partial charge < -0.3 is 20.1 Å². The summed E-state index contributed by atoms with van der Waals surface area (Å²) in [6.45, 7) is 3.90. The highest BCUT2D eigenvalue weighted by molar-refractivity contribution is 7.83. The smallest absolute Gasteiger partial charge is 0.311 e. The Kier molecular flexibility index (Phi) is 7.89. The molecule has 0 saturated carbocycles. The van der Waals surface area contributed by atoms with Crippen molar-refractivity contribution in [3.05, 3.63) is 60.2 Å². The van der Waals surface area contributed by atoms with Crippen molar-refractivity contribution in [1.29, 1.82) is 0 Å². The number of carbonyl (C=O) groups is 3. The molecule has 2 heterocycles. The van der Waals surface area contributed by atoms with Crippen molar-refractivity contribution in [1.82, 2.24) is 19.5 Å². The van der Waals surface area contributed by atoms with Gasteiger partial charge in [0.05, 0.1) is 0 Å². The number of carbonyl (C=O) groups excluding carboxylic acids is 3. The van der Waals surface area contributed by atoms with E-state index in [0.29, 0.717) is 6.42 Å². The lowest BCUT2D eigenvalue weighted by Crippen LogP contribution is -2.42. The first kappa shape index (κ1) is 25.2. The van der Waals surface area contributed by atoms with E-state index in [0.717, 1.165) is 18.2 Å². The van der Waals surface area contributed by atoms with Crippen LogP contribution in [0.15, 0.2) is 41.9 Å². The van der Waals surface area contributed by atoms with Crippen molar-refractivity contribution in [3.8, 4) is 0 Å². The molecule has 3 rings (SSSR count). The van der Waals surface area contributed by atoms with Crippen molar-refractivity contribution < 1.29 is 31.8 Å². The zero-order valence-corrected chi connectivity index (χ0v) is 18.9. The second-order valence-corrected chi connectivity index (χ2v) is 8.60. The van der Waals surface area contributed by atoms with Crippen LogP contribution in [0, 0.1) is 17.5 Å². The van der Waals surface area contributed by atoms with Gasteiger partial charge in [-0.2, -0.15) is 0 Å². The van der Waals surface area contributed by atoms with Crippen LogP contribution in [-0.4, -0.2) is 57.6 Å². The SMILES string of the molecule is C=CCn1cc(S(=O)NC2CCN(C(=O)C(=O)NC)C2)c(F)c1C(=O)Nc1ccc(F)c(F)c1. The zero-order valence-electron chi connectivity index (χ0n) is 18.1. The number of likely N-dealkylation sites (tertiary alicyclic amines) is 1. The monoisotopic (exact) mass is 497 g/mol. The molecule has 1 aliphatic heterocycles. The van der Waals surface area contributed by atoms with Crippen molar-refractivity contribution in [2.24, 2.45) is 0 Å². The molecule has 0 radical (unpaired) electrons. The first-order valence-corrected chi connectivity index (χ1v) is 11.3. The molecule has 34 heavy (non-hydrogen) atoms. The molecule has 3 amide bonds. The van der Waals surface area contributed by atoms with Crippen LogP contribution in [0.2, 0.25) is 0 Å². The van der Waals surface area contributed by atoms with Crippen molar-refractivity contribution in [2.75, 3.05) is 25.5 Å². The number of nitrogens with one attached hydrogen (secondary N) is 3. The van der Waals surface area contributed by atoms with E-state index in [9.17, 15) is 27.4 Å². The van der Waals surface area contributed by atoms with Gasteiger partial charge in [-0.3, -0.25) is 14.4 Å². The standard InChI is InChI=1S/C21H22F3N5O4S/c1-3-7-28-11-16(34(33)27-13-6-8-29(10-13)21(32)20(31)25-2)17(24)18(28)19(30)26-12-4-5-14(22)15(23)9-12/h3-5,9,11,13,27H,1,6-8,10H2,2H3,(H,25,31)(H,26,30). The number of allylic oxidation sites excluding steroid dienone is 1. The third-order valence-electron chi connectivity index (χ3n) is 5.07. The number of amides is 3. The van der Waals surface area contributed by atoms with Crippen LogP contribution in [0.5, 0.6) is 0 Å². The summed E-state index contributed by atoms with van der Waals surface area (Å²) < 4.78 is 58.5. The van der Waals surface area contributed by atoms with Crippen LogP contribution >= 0.6 is 0 Å². The average molecular weight is 497 g/mol. The van der Waals surface area contributed by atoms with Crippen LogP contribution < -0.4 is 15.4 Å². The molecule has 9 nitrogen and oxygen atoms in total. The summed E-state index contributed by atoms with van der Waals surface area (Å²) in [6, 6.07) is 2.20. The number of hydrogen-bond acceptors (Lipinski definition) is 4. The van der Waals surface area contributed by atoms with E-state index in [2.05, 4.69) is 21.9 Å². The molecule has 0 spiro atoms. The molecule has 2 atom stereocenters. The summed E-state index contributed by atoms with van der Waals surface area (Å²) in [6.07, 6.45) is 2.96. The van der Waals surface area contributed by atoms with Gasteiger partial charge in [0.2, 0.25) is 0 Å². The summed E-state index contributed by atoms with van der Waals surface area (Å²) in [5, 5.41) is 4.52. The minimum absolute atomic E-state index is 0.00644. The normalized spacial score (nSPS) is 16.2. The maximum atomic E-state index is 15.2. The Morgan fingerprint density at radius 1 is 1.24 bits per heavy atom. The minimum atomic E-state index is -2.10. The van der Waals surface area contributed by atoms with E-state index < -0.39 is 57.9 Å². The number of rotatable bonds is 7. The Labute approximate surface area is 195 Å². The lowest BCUT2D eigenvalue weighted by atomic mass is 10.3. The lowest BCUT2D eigenvalue weighted by molar-refractivity contribution is -0.144. The number of nitrogens with zero attached hydrogens (tertiary/aromatic N) is 2. The Balaban J connectivity index is 1.77. The molecule has 1 aliphatic rings. The molecule has 1 aromatic heterocycles. The second-order valence-electron chi connectivity index (χ2n) is 7.38. The molecule has 2 unspecified atom stereocenters. The molecule has 0 aliphatic carbocycles. The predicted octanol–water partition coefficient (Wildman–Crippen LogP) is 1.30. The number of aromatic nitrogens is 1. The van der Waals surface area contributed by atoms with Crippen LogP contribution in [0.1, 0.15) is 16.9 Å². The zero-order chi connectivity index (χ0) is 25.0. The van der Waals surface area contributed by atoms with Crippen LogP contribution in [-0.2, 0) is 27.1 Å². The number of hydrogen-bond donors (Lipinski definition) is 3. The Morgan fingerprint density at radius 2 is 1.97 bits per heavy atom. The van der Waals surface area contributed by atoms with Crippen molar-refractivity contribution in [3.63, 3.8) is 0 Å². The van der Waals surface area contributed by atoms with E-state index in [1.54, 1.807) is 0 Å². The number of likely N-dealkylation sites (N-methyl/N-ethyl adjacent to an activating group) is 1. The highest BCUT2D eigenvalue weighted by atomic mass is 32.2. The Bertz CT molecular complexity index is 1170. The van der Waals surface area contributed by atoms with E-state index in [4.69, 9.17) is 0 Å². The number of halogens is 3. The van der Waals surface area contributed by atoms with Crippen LogP contribution in [0.3, 0.4) is 0 Å². The summed E-state index contributed by atoms with van der Waals surface area (Å²) in [5.74, 6) is -5.82. The summed E-state index contributed by atoms with van der Waals surface area (Å²) in [4.78, 5) is 37.1. The fraction of sp³-hybridized carbons (Fsp3) is 0.286. The fourth-order valence-corrected chi connectivity index (χ4v) is 4.52. The van der Waals surface area contributed by atoms with E-state index in [1.165, 1.54) is 28.8 Å². The van der Waals surface area contributed by atoms with Gasteiger partial charge >= 0.3 is 11.8 Å². The quantitative estimate of drug-likeness (QED) is 0.396. The van der Waals surface area contributed by atoms with Gasteiger partial charge in [-0.15, -0.1) is 6.58 Å². The summed E-state index contributed by atoms with van der Waals surface area (Å²) in [7, 11) is -0.765. The van der Waals surface area contributed by atoms with Gasteiger partial charge in [-0.25, -0.2) is 22.1 Å². The van der Waals surface area contributed by atoms with Gasteiger partial charge in [-0.05, 0) is 18.6 Å². The highest BCUT2D eigenvalue weighted by Gasteiger charge is 2.32. The van der Waals surface area contributed by atoms with Crippen molar-refractivity contribution >= 4 is 34.4 Å². The first-order valence-electron chi connectivity index (χ1n) is 10.1. The van der Waals surface area contributed by atoms with Crippen molar-refractivity contribution in [2.45, 2.75) is 23.9 Å². The molecule has 1 aromatic carbocycles. The molecule has 3 N–H and O–H groups in total. The average Bonchev–Trinajstić information content (AvgIpc) is 3.39. The molecular formula is C21H22F3N5O4S. The fourth-order valence-electron chi connectivity index (χ4n) is 3.42. The Morgan fingerprint density at radius 3 is 2.62 bits per heavy atom. The maximum absolute atomic E-state index is 15.2. The lowest BCUT2D eigenvalue weighted by Gasteiger charge is -2.15. The van der Waals surface area contributed by atoms with E-state index >= 15 is 4.39 Å². The topological polar surface area (TPSA) is 113 Å². The minimum Gasteiger partial charge on any atom is -0.351 e. The van der Waals surface area contributed by atoms with Gasteiger partial charge in [0.25, 0.3) is 5.91 Å². The van der Waals surface area contributed by atoms with E-state index in [1.807, 2.05) is 0 Å².